The molecule has 2 rings (SSSR count). The van der Waals surface area contributed by atoms with Gasteiger partial charge in [-0.3, -0.25) is 0 Å². The van der Waals surface area contributed by atoms with Crippen molar-refractivity contribution < 1.29 is 0 Å². The van der Waals surface area contributed by atoms with E-state index in [0.29, 0.717) is 4.99 Å². The summed E-state index contributed by atoms with van der Waals surface area (Å²) in [5.74, 6) is 1.75. The zero-order valence-corrected chi connectivity index (χ0v) is 13.4. The van der Waals surface area contributed by atoms with Crippen LogP contribution in [0.1, 0.15) is 50.2 Å². The molecule has 0 atom stereocenters. The van der Waals surface area contributed by atoms with Gasteiger partial charge in [-0.25, -0.2) is 0 Å². The maximum absolute atomic E-state index is 5.80. The molecular weight excluding hydrogens is 264 g/mol. The average molecular weight is 290 g/mol. The van der Waals surface area contributed by atoms with E-state index in [1.807, 2.05) is 6.07 Å². The zero-order chi connectivity index (χ0) is 14.5. The molecule has 0 saturated heterocycles. The molecule has 0 radical (unpaired) electrons. The van der Waals surface area contributed by atoms with Gasteiger partial charge < -0.3 is 11.1 Å². The molecule has 3 N–H and O–H groups in total. The van der Waals surface area contributed by atoms with Gasteiger partial charge in [0.1, 0.15) is 4.99 Å². The standard InChI is InChI=1S/C17H26N2S/c1-3-13-5-7-14(8-6-13)11-19-16-10-12(2)4-9-15(16)17(18)20/h4,9-10,13-14,19H,3,5-8,11H2,1-2H3,(H2,18,20). The molecule has 2 nitrogen and oxygen atoms in total. The molecule has 0 aliphatic heterocycles. The largest absolute Gasteiger partial charge is 0.389 e. The van der Waals surface area contributed by atoms with Gasteiger partial charge in [0.05, 0.1) is 0 Å². The molecule has 110 valence electrons. The average Bonchev–Trinajstić information content (AvgIpc) is 2.45. The predicted molar refractivity (Wildman–Crippen MR) is 91.3 cm³/mol. The molecule has 0 aromatic heterocycles. The van der Waals surface area contributed by atoms with Gasteiger partial charge in [-0.2, -0.15) is 0 Å². The molecule has 0 heterocycles. The maximum atomic E-state index is 5.80. The SMILES string of the molecule is CCC1CCC(CNc2cc(C)ccc2C(N)=S)CC1. The van der Waals surface area contributed by atoms with E-state index in [1.54, 1.807) is 0 Å². The molecule has 0 amide bonds. The number of nitrogens with one attached hydrogen (secondary N) is 1. The van der Waals surface area contributed by atoms with Gasteiger partial charge in [-0.1, -0.05) is 44.5 Å². The van der Waals surface area contributed by atoms with E-state index >= 15 is 0 Å². The van der Waals surface area contributed by atoms with Crippen molar-refractivity contribution in [3.63, 3.8) is 0 Å². The van der Waals surface area contributed by atoms with Crippen molar-refractivity contribution in [2.24, 2.45) is 17.6 Å². The summed E-state index contributed by atoms with van der Waals surface area (Å²) in [5, 5.41) is 3.57. The van der Waals surface area contributed by atoms with Crippen molar-refractivity contribution in [2.45, 2.75) is 46.0 Å². The molecule has 1 fully saturated rings. The first-order valence-electron chi connectivity index (χ1n) is 7.74. The quantitative estimate of drug-likeness (QED) is 0.796. The lowest BCUT2D eigenvalue weighted by Crippen LogP contribution is -2.22. The van der Waals surface area contributed by atoms with Crippen LogP contribution in [-0.4, -0.2) is 11.5 Å². The van der Waals surface area contributed by atoms with Gasteiger partial charge in [0.25, 0.3) is 0 Å². The lowest BCUT2D eigenvalue weighted by atomic mass is 9.81. The minimum absolute atomic E-state index is 0.474. The number of rotatable bonds is 5. The lowest BCUT2D eigenvalue weighted by molar-refractivity contribution is 0.278. The summed E-state index contributed by atoms with van der Waals surface area (Å²) in [6.45, 7) is 5.45. The van der Waals surface area contributed by atoms with Crippen LogP contribution in [0.25, 0.3) is 0 Å². The first kappa shape index (κ1) is 15.3. The van der Waals surface area contributed by atoms with E-state index in [1.165, 1.54) is 37.7 Å². The Kier molecular flexibility index (Phi) is 5.41. The van der Waals surface area contributed by atoms with Crippen molar-refractivity contribution in [3.8, 4) is 0 Å². The maximum Gasteiger partial charge on any atom is 0.106 e. The normalized spacial score (nSPS) is 22.5. The summed E-state index contributed by atoms with van der Waals surface area (Å²) in [7, 11) is 0. The van der Waals surface area contributed by atoms with Crippen LogP contribution in [0.15, 0.2) is 18.2 Å². The second-order valence-electron chi connectivity index (χ2n) is 6.09. The second-order valence-corrected chi connectivity index (χ2v) is 6.53. The topological polar surface area (TPSA) is 38.0 Å². The van der Waals surface area contributed by atoms with Crippen LogP contribution in [0.2, 0.25) is 0 Å². The third-order valence-corrected chi connectivity index (χ3v) is 4.79. The van der Waals surface area contributed by atoms with E-state index in [4.69, 9.17) is 18.0 Å². The van der Waals surface area contributed by atoms with E-state index in [-0.39, 0.29) is 0 Å². The molecule has 0 spiro atoms. The molecule has 1 aromatic carbocycles. The molecule has 3 heteroatoms. The van der Waals surface area contributed by atoms with Crippen LogP contribution in [0, 0.1) is 18.8 Å². The fraction of sp³-hybridized carbons (Fsp3) is 0.588. The minimum Gasteiger partial charge on any atom is -0.389 e. The van der Waals surface area contributed by atoms with E-state index < -0.39 is 0 Å². The highest BCUT2D eigenvalue weighted by Crippen LogP contribution is 2.31. The predicted octanol–water partition coefficient (Wildman–Crippen LogP) is 4.26. The first-order valence-corrected chi connectivity index (χ1v) is 8.15. The van der Waals surface area contributed by atoms with E-state index in [9.17, 15) is 0 Å². The van der Waals surface area contributed by atoms with Crippen molar-refractivity contribution in [1.29, 1.82) is 0 Å². The molecular formula is C17H26N2S. The number of benzene rings is 1. The highest BCUT2D eigenvalue weighted by Gasteiger charge is 2.20. The molecule has 1 aromatic rings. The van der Waals surface area contributed by atoms with Gasteiger partial charge in [0, 0.05) is 17.8 Å². The van der Waals surface area contributed by atoms with Gasteiger partial charge in [-0.05, 0) is 49.3 Å². The van der Waals surface area contributed by atoms with Crippen molar-refractivity contribution >= 4 is 22.9 Å². The van der Waals surface area contributed by atoms with Gasteiger partial charge >= 0.3 is 0 Å². The number of thiocarbonyl (C=S) groups is 1. The monoisotopic (exact) mass is 290 g/mol. The van der Waals surface area contributed by atoms with Crippen LogP contribution in [0.4, 0.5) is 5.69 Å². The summed E-state index contributed by atoms with van der Waals surface area (Å²) in [6.07, 6.45) is 6.81. The lowest BCUT2D eigenvalue weighted by Gasteiger charge is -2.28. The number of hydrogen-bond donors (Lipinski definition) is 2. The van der Waals surface area contributed by atoms with Crippen LogP contribution in [-0.2, 0) is 0 Å². The van der Waals surface area contributed by atoms with Crippen LogP contribution < -0.4 is 11.1 Å². The van der Waals surface area contributed by atoms with Crippen LogP contribution in [0.3, 0.4) is 0 Å². The summed E-state index contributed by atoms with van der Waals surface area (Å²) >= 11 is 5.13. The molecule has 1 saturated carbocycles. The summed E-state index contributed by atoms with van der Waals surface area (Å²) < 4.78 is 0. The van der Waals surface area contributed by atoms with Crippen LogP contribution in [0.5, 0.6) is 0 Å². The van der Waals surface area contributed by atoms with Crippen molar-refractivity contribution in [2.75, 3.05) is 11.9 Å². The van der Waals surface area contributed by atoms with E-state index in [2.05, 4.69) is 31.3 Å². The Labute approximate surface area is 128 Å². The molecule has 0 unspecified atom stereocenters. The number of nitrogens with two attached hydrogens (primary N) is 1. The number of hydrogen-bond acceptors (Lipinski definition) is 2. The third-order valence-electron chi connectivity index (χ3n) is 4.57. The third kappa shape index (κ3) is 3.95. The molecule has 0 bridgehead atoms. The number of aryl methyl sites for hydroxylation is 1. The fourth-order valence-electron chi connectivity index (χ4n) is 3.12. The van der Waals surface area contributed by atoms with Crippen molar-refractivity contribution in [1.82, 2.24) is 0 Å². The first-order chi connectivity index (χ1) is 9.60. The Hall–Kier alpha value is -1.09. The Balaban J connectivity index is 1.94. The van der Waals surface area contributed by atoms with Crippen LogP contribution >= 0.6 is 12.2 Å². The highest BCUT2D eigenvalue weighted by atomic mass is 32.1. The summed E-state index contributed by atoms with van der Waals surface area (Å²) in [4.78, 5) is 0.474. The molecule has 20 heavy (non-hydrogen) atoms. The van der Waals surface area contributed by atoms with Gasteiger partial charge in [0.2, 0.25) is 0 Å². The van der Waals surface area contributed by atoms with Gasteiger partial charge in [0.15, 0.2) is 0 Å². The second kappa shape index (κ2) is 7.07. The molecule has 1 aliphatic carbocycles. The van der Waals surface area contributed by atoms with Gasteiger partial charge in [-0.15, -0.1) is 0 Å². The molecule has 1 aliphatic rings. The Bertz CT molecular complexity index is 462. The minimum atomic E-state index is 0.474. The highest BCUT2D eigenvalue weighted by molar-refractivity contribution is 7.80. The fourth-order valence-corrected chi connectivity index (χ4v) is 3.30. The summed E-state index contributed by atoms with van der Waals surface area (Å²) in [5.41, 5.74) is 9.10. The Morgan fingerprint density at radius 2 is 1.90 bits per heavy atom. The van der Waals surface area contributed by atoms with Crippen molar-refractivity contribution in [3.05, 3.63) is 29.3 Å². The Morgan fingerprint density at radius 3 is 2.50 bits per heavy atom. The Morgan fingerprint density at radius 1 is 1.25 bits per heavy atom. The van der Waals surface area contributed by atoms with E-state index in [0.717, 1.165) is 29.6 Å². The smallest absolute Gasteiger partial charge is 0.106 e. The number of anilines is 1. The summed E-state index contributed by atoms with van der Waals surface area (Å²) in [6, 6.07) is 6.23. The zero-order valence-electron chi connectivity index (χ0n) is 12.6.